The van der Waals surface area contributed by atoms with Crippen LogP contribution in [0.5, 0.6) is 0 Å². The number of nitrogens with zero attached hydrogens (tertiary/aromatic N) is 1. The minimum absolute atomic E-state index is 0.608. The average molecular weight is 145 g/mol. The van der Waals surface area contributed by atoms with Gasteiger partial charge in [-0.1, -0.05) is 20.8 Å². The van der Waals surface area contributed by atoms with E-state index in [0.29, 0.717) is 0 Å². The van der Waals surface area contributed by atoms with Gasteiger partial charge in [0.25, 0.3) is 0 Å². The molecule has 0 saturated heterocycles. The Kier molecular flexibility index (Phi) is 3.86. The molecule has 0 aliphatic heterocycles. The third-order valence-electron chi connectivity index (χ3n) is 1.92. The van der Waals surface area contributed by atoms with Crippen LogP contribution in [-0.4, -0.2) is 23.8 Å². The summed E-state index contributed by atoms with van der Waals surface area (Å²) in [7, 11) is 0. The summed E-state index contributed by atoms with van der Waals surface area (Å²) in [4.78, 5) is 2.05. The second-order valence-electron chi connectivity index (χ2n) is 2.52. The molecule has 0 heterocycles. The zero-order valence-electron chi connectivity index (χ0n) is 7.22. The molecule has 0 amide bonds. The van der Waals surface area contributed by atoms with Gasteiger partial charge in [0.2, 0.25) is 0 Å². The average Bonchev–Trinajstić information content (AvgIpc) is 1.90. The zero-order valence-corrected chi connectivity index (χ0v) is 7.22. The van der Waals surface area contributed by atoms with Crippen LogP contribution in [0.2, 0.25) is 0 Å². The van der Waals surface area contributed by atoms with Crippen molar-refractivity contribution in [1.82, 2.24) is 4.90 Å². The van der Waals surface area contributed by atoms with Gasteiger partial charge in [-0.05, 0) is 19.5 Å². The Morgan fingerprint density at radius 1 is 1.10 bits per heavy atom. The maximum absolute atomic E-state index is 5.78. The molecule has 4 N–H and O–H groups in total. The van der Waals surface area contributed by atoms with E-state index >= 15 is 0 Å². The summed E-state index contributed by atoms with van der Waals surface area (Å²) in [5, 5.41) is 0. The molecule has 0 rings (SSSR count). The molecule has 62 valence electrons. The summed E-state index contributed by atoms with van der Waals surface area (Å²) < 4.78 is 0. The zero-order chi connectivity index (χ0) is 8.20. The summed E-state index contributed by atoms with van der Waals surface area (Å²) in [6.45, 7) is 7.95. The van der Waals surface area contributed by atoms with Gasteiger partial charge in [-0.15, -0.1) is 0 Å². The predicted molar refractivity (Wildman–Crippen MR) is 44.3 cm³/mol. The van der Waals surface area contributed by atoms with Crippen LogP contribution in [0.1, 0.15) is 27.2 Å². The molecule has 0 aromatic heterocycles. The van der Waals surface area contributed by atoms with Crippen molar-refractivity contribution in [2.75, 3.05) is 13.1 Å². The van der Waals surface area contributed by atoms with Crippen molar-refractivity contribution in [3.63, 3.8) is 0 Å². The van der Waals surface area contributed by atoms with Gasteiger partial charge in [0.15, 0.2) is 0 Å². The molecule has 3 heteroatoms. The Morgan fingerprint density at radius 3 is 1.60 bits per heavy atom. The first kappa shape index (κ1) is 9.88. The van der Waals surface area contributed by atoms with Gasteiger partial charge >= 0.3 is 0 Å². The summed E-state index contributed by atoms with van der Waals surface area (Å²) in [5.41, 5.74) is 11.6. The van der Waals surface area contributed by atoms with Crippen LogP contribution in [0.25, 0.3) is 0 Å². The lowest BCUT2D eigenvalue weighted by Gasteiger charge is -2.35. The highest BCUT2D eigenvalue weighted by molar-refractivity contribution is 4.74. The first-order valence-corrected chi connectivity index (χ1v) is 3.91. The van der Waals surface area contributed by atoms with Crippen LogP contribution in [-0.2, 0) is 0 Å². The van der Waals surface area contributed by atoms with E-state index in [1.807, 2.05) is 11.8 Å². The highest BCUT2D eigenvalue weighted by Gasteiger charge is 2.22. The van der Waals surface area contributed by atoms with Crippen molar-refractivity contribution in [1.29, 1.82) is 0 Å². The van der Waals surface area contributed by atoms with Crippen molar-refractivity contribution in [3.8, 4) is 0 Å². The quantitative estimate of drug-likeness (QED) is 0.560. The molecule has 0 radical (unpaired) electrons. The minimum Gasteiger partial charge on any atom is -0.301 e. The molecule has 0 aromatic carbocycles. The van der Waals surface area contributed by atoms with E-state index in [1.165, 1.54) is 0 Å². The van der Waals surface area contributed by atoms with Gasteiger partial charge in [0, 0.05) is 0 Å². The Labute approximate surface area is 63.4 Å². The Bertz CT molecular complexity index is 86.9. The summed E-state index contributed by atoms with van der Waals surface area (Å²) >= 11 is 0. The Balaban J connectivity index is 3.97. The number of hydrogen-bond donors (Lipinski definition) is 2. The fraction of sp³-hybridized carbons (Fsp3) is 1.00. The second-order valence-corrected chi connectivity index (χ2v) is 2.52. The highest BCUT2D eigenvalue weighted by atomic mass is 15.3. The highest BCUT2D eigenvalue weighted by Crippen LogP contribution is 2.04. The standard InChI is InChI=1S/C7H19N3/c1-4-7(8,9)10(5-2)6-3/h4-6,8-9H2,1-3H3. The van der Waals surface area contributed by atoms with Crippen molar-refractivity contribution in [3.05, 3.63) is 0 Å². The minimum atomic E-state index is -0.608. The van der Waals surface area contributed by atoms with Gasteiger partial charge in [0.05, 0.1) is 0 Å². The molecule has 0 bridgehead atoms. The van der Waals surface area contributed by atoms with Gasteiger partial charge in [0.1, 0.15) is 5.79 Å². The van der Waals surface area contributed by atoms with Crippen LogP contribution in [0.3, 0.4) is 0 Å². The Hall–Kier alpha value is -0.120. The van der Waals surface area contributed by atoms with Gasteiger partial charge in [-0.3, -0.25) is 4.90 Å². The van der Waals surface area contributed by atoms with Crippen molar-refractivity contribution >= 4 is 0 Å². The van der Waals surface area contributed by atoms with Gasteiger partial charge in [-0.25, -0.2) is 0 Å². The summed E-state index contributed by atoms with van der Waals surface area (Å²) in [5.74, 6) is -0.608. The van der Waals surface area contributed by atoms with E-state index in [4.69, 9.17) is 11.5 Å². The van der Waals surface area contributed by atoms with Crippen LogP contribution in [0.4, 0.5) is 0 Å². The molecule has 0 fully saturated rings. The summed E-state index contributed by atoms with van der Waals surface area (Å²) in [6.07, 6.45) is 0.786. The molecule has 0 unspecified atom stereocenters. The second kappa shape index (κ2) is 3.91. The SMILES string of the molecule is CCN(CC)C(N)(N)CC. The first-order valence-electron chi connectivity index (χ1n) is 3.91. The molecule has 0 saturated carbocycles. The fourth-order valence-corrected chi connectivity index (χ4v) is 1.04. The monoisotopic (exact) mass is 145 g/mol. The maximum atomic E-state index is 5.78. The lowest BCUT2D eigenvalue weighted by molar-refractivity contribution is 0.106. The predicted octanol–water partition coefficient (Wildman–Crippen LogP) is 0.309. The molecule has 0 aliphatic rings. The van der Waals surface area contributed by atoms with E-state index in [9.17, 15) is 0 Å². The third-order valence-corrected chi connectivity index (χ3v) is 1.92. The molecular formula is C7H19N3. The van der Waals surface area contributed by atoms with Crippen molar-refractivity contribution < 1.29 is 0 Å². The fourth-order valence-electron chi connectivity index (χ4n) is 1.04. The topological polar surface area (TPSA) is 55.3 Å². The third kappa shape index (κ3) is 2.25. The van der Waals surface area contributed by atoms with E-state index in [0.717, 1.165) is 19.5 Å². The normalized spacial score (nSPS) is 12.6. The molecule has 3 nitrogen and oxygen atoms in total. The van der Waals surface area contributed by atoms with E-state index in [2.05, 4.69) is 13.8 Å². The smallest absolute Gasteiger partial charge is 0.120 e. The number of nitrogens with two attached hydrogens (primary N) is 2. The number of rotatable bonds is 4. The molecule has 10 heavy (non-hydrogen) atoms. The molecule has 0 atom stereocenters. The Morgan fingerprint density at radius 2 is 1.50 bits per heavy atom. The summed E-state index contributed by atoms with van der Waals surface area (Å²) in [6, 6.07) is 0. The molecule has 0 aliphatic carbocycles. The van der Waals surface area contributed by atoms with Crippen LogP contribution < -0.4 is 11.5 Å². The van der Waals surface area contributed by atoms with E-state index < -0.39 is 5.79 Å². The van der Waals surface area contributed by atoms with Gasteiger partial charge in [-0.2, -0.15) is 0 Å². The maximum Gasteiger partial charge on any atom is 0.120 e. The largest absolute Gasteiger partial charge is 0.301 e. The molecule has 0 spiro atoms. The van der Waals surface area contributed by atoms with Crippen LogP contribution in [0, 0.1) is 0 Å². The van der Waals surface area contributed by atoms with E-state index in [-0.39, 0.29) is 0 Å². The first-order chi connectivity index (χ1) is 4.58. The lowest BCUT2D eigenvalue weighted by atomic mass is 10.2. The lowest BCUT2D eigenvalue weighted by Crippen LogP contribution is -2.62. The molecular weight excluding hydrogens is 126 g/mol. The van der Waals surface area contributed by atoms with Crippen LogP contribution >= 0.6 is 0 Å². The molecule has 0 aromatic rings. The van der Waals surface area contributed by atoms with Crippen molar-refractivity contribution in [2.45, 2.75) is 33.0 Å². The van der Waals surface area contributed by atoms with Crippen LogP contribution in [0.15, 0.2) is 0 Å². The van der Waals surface area contributed by atoms with Crippen molar-refractivity contribution in [2.24, 2.45) is 11.5 Å². The van der Waals surface area contributed by atoms with E-state index in [1.54, 1.807) is 0 Å². The number of hydrogen-bond acceptors (Lipinski definition) is 3. The van der Waals surface area contributed by atoms with Gasteiger partial charge < -0.3 is 11.5 Å².